The Bertz CT molecular complexity index is 1220. The van der Waals surface area contributed by atoms with Crippen molar-refractivity contribution in [2.24, 2.45) is 7.05 Å². The van der Waals surface area contributed by atoms with Crippen LogP contribution in [0.4, 0.5) is 5.82 Å². The first kappa shape index (κ1) is 19.3. The molecule has 0 N–H and O–H groups in total. The fourth-order valence-electron chi connectivity index (χ4n) is 4.16. The van der Waals surface area contributed by atoms with Gasteiger partial charge in [-0.15, -0.1) is 0 Å². The molecule has 0 unspecified atom stereocenters. The van der Waals surface area contributed by atoms with Crippen molar-refractivity contribution >= 4 is 22.8 Å². The molecule has 8 heteroatoms. The van der Waals surface area contributed by atoms with Gasteiger partial charge in [-0.05, 0) is 24.6 Å². The van der Waals surface area contributed by atoms with E-state index in [1.54, 1.807) is 4.68 Å². The van der Waals surface area contributed by atoms with Crippen molar-refractivity contribution in [2.45, 2.75) is 13.5 Å². The molecule has 0 spiro atoms. The van der Waals surface area contributed by atoms with Crippen LogP contribution in [0.5, 0.6) is 0 Å². The Kier molecular flexibility index (Phi) is 4.89. The summed E-state index contributed by atoms with van der Waals surface area (Å²) in [5, 5.41) is 5.28. The lowest BCUT2D eigenvalue weighted by atomic mass is 10.2. The summed E-state index contributed by atoms with van der Waals surface area (Å²) >= 11 is 0. The van der Waals surface area contributed by atoms with E-state index in [9.17, 15) is 4.79 Å². The van der Waals surface area contributed by atoms with Gasteiger partial charge in [-0.25, -0.2) is 9.97 Å². The number of hydrogen-bond acceptors (Lipinski definition) is 5. The molecule has 0 atom stereocenters. The van der Waals surface area contributed by atoms with E-state index in [2.05, 4.69) is 32.1 Å². The van der Waals surface area contributed by atoms with Crippen LogP contribution in [0.25, 0.3) is 11.0 Å². The van der Waals surface area contributed by atoms with Gasteiger partial charge in [0.2, 0.25) is 0 Å². The molecule has 0 bridgehead atoms. The van der Waals surface area contributed by atoms with Crippen LogP contribution in [-0.2, 0) is 13.6 Å². The summed E-state index contributed by atoms with van der Waals surface area (Å²) in [6.45, 7) is 5.35. The number of hydrogen-bond donors (Lipinski definition) is 0. The zero-order chi connectivity index (χ0) is 21.4. The number of benzene rings is 1. The third kappa shape index (κ3) is 3.65. The van der Waals surface area contributed by atoms with Gasteiger partial charge >= 0.3 is 0 Å². The molecule has 4 heterocycles. The van der Waals surface area contributed by atoms with E-state index >= 15 is 0 Å². The minimum absolute atomic E-state index is 0.0750. The van der Waals surface area contributed by atoms with Crippen LogP contribution in [-0.4, -0.2) is 61.3 Å². The van der Waals surface area contributed by atoms with Gasteiger partial charge in [-0.1, -0.05) is 30.3 Å². The van der Waals surface area contributed by atoms with Crippen molar-refractivity contribution in [1.29, 1.82) is 0 Å². The molecule has 5 rings (SSSR count). The second-order valence-electron chi connectivity index (χ2n) is 7.89. The van der Waals surface area contributed by atoms with E-state index in [1.165, 1.54) is 5.56 Å². The van der Waals surface area contributed by atoms with Crippen LogP contribution in [0.15, 0.2) is 54.9 Å². The zero-order valence-electron chi connectivity index (χ0n) is 17.8. The molecular weight excluding hydrogens is 390 g/mol. The Morgan fingerprint density at radius 2 is 1.77 bits per heavy atom. The van der Waals surface area contributed by atoms with E-state index in [0.717, 1.165) is 41.5 Å². The monoisotopic (exact) mass is 415 g/mol. The third-order valence-electron chi connectivity index (χ3n) is 5.79. The van der Waals surface area contributed by atoms with Gasteiger partial charge in [-0.3, -0.25) is 9.48 Å². The number of aromatic nitrogens is 5. The van der Waals surface area contributed by atoms with Gasteiger partial charge in [0.15, 0.2) is 5.65 Å². The number of carbonyl (C=O) groups excluding carboxylic acids is 1. The smallest absolute Gasteiger partial charge is 0.270 e. The van der Waals surface area contributed by atoms with Crippen LogP contribution < -0.4 is 4.90 Å². The summed E-state index contributed by atoms with van der Waals surface area (Å²) in [5.41, 5.74) is 2.74. The predicted molar refractivity (Wildman–Crippen MR) is 119 cm³/mol. The first-order valence-electron chi connectivity index (χ1n) is 10.5. The maximum atomic E-state index is 13.2. The zero-order valence-corrected chi connectivity index (χ0v) is 17.8. The molecule has 8 nitrogen and oxygen atoms in total. The summed E-state index contributed by atoms with van der Waals surface area (Å²) in [6, 6.07) is 14.1. The molecule has 31 heavy (non-hydrogen) atoms. The highest BCUT2D eigenvalue weighted by atomic mass is 16.2. The minimum Gasteiger partial charge on any atom is -0.352 e. The van der Waals surface area contributed by atoms with Crippen molar-refractivity contribution in [3.05, 3.63) is 71.9 Å². The molecule has 1 amide bonds. The van der Waals surface area contributed by atoms with Crippen LogP contribution in [0.1, 0.15) is 21.9 Å². The maximum absolute atomic E-state index is 13.2. The van der Waals surface area contributed by atoms with Crippen LogP contribution in [0.2, 0.25) is 0 Å². The Balaban J connectivity index is 1.31. The van der Waals surface area contributed by atoms with E-state index in [4.69, 9.17) is 0 Å². The number of amides is 1. The van der Waals surface area contributed by atoms with Crippen molar-refractivity contribution < 1.29 is 4.79 Å². The molecule has 3 aromatic heterocycles. The number of anilines is 1. The molecule has 4 aromatic rings. The Hall–Kier alpha value is -3.68. The summed E-state index contributed by atoms with van der Waals surface area (Å²) in [7, 11) is 1.89. The Morgan fingerprint density at radius 1 is 1.00 bits per heavy atom. The normalized spacial score (nSPS) is 14.4. The first-order valence-corrected chi connectivity index (χ1v) is 10.5. The van der Waals surface area contributed by atoms with E-state index in [1.807, 2.05) is 66.2 Å². The number of rotatable bonds is 4. The van der Waals surface area contributed by atoms with Gasteiger partial charge in [0.05, 0.1) is 11.6 Å². The number of piperazine rings is 1. The predicted octanol–water partition coefficient (Wildman–Crippen LogP) is 2.48. The fraction of sp³-hybridized carbons (Fsp3) is 0.304. The molecule has 0 radical (unpaired) electrons. The average Bonchev–Trinajstić information content (AvgIpc) is 3.40. The number of aryl methyl sites for hydroxylation is 2. The highest BCUT2D eigenvalue weighted by molar-refractivity contribution is 5.93. The molecule has 1 aliphatic heterocycles. The van der Waals surface area contributed by atoms with Crippen molar-refractivity contribution in [3.63, 3.8) is 0 Å². The highest BCUT2D eigenvalue weighted by Crippen LogP contribution is 2.24. The van der Waals surface area contributed by atoms with Crippen molar-refractivity contribution in [2.75, 3.05) is 31.1 Å². The van der Waals surface area contributed by atoms with Gasteiger partial charge in [-0.2, -0.15) is 5.10 Å². The largest absolute Gasteiger partial charge is 0.352 e. The standard InChI is InChI=1S/C23H25N7O/c1-17-25-21-19(15-24-27(21)2)22(26-17)28-11-13-29(14-12-28)23(31)20-9-6-10-30(20)16-18-7-4-3-5-8-18/h3-10,15H,11-14,16H2,1-2H3. The highest BCUT2D eigenvalue weighted by Gasteiger charge is 2.26. The number of fused-ring (bicyclic) bond motifs is 1. The van der Waals surface area contributed by atoms with Crippen LogP contribution in [0.3, 0.4) is 0 Å². The van der Waals surface area contributed by atoms with Gasteiger partial charge in [0, 0.05) is 46.0 Å². The van der Waals surface area contributed by atoms with Gasteiger partial charge < -0.3 is 14.4 Å². The SMILES string of the molecule is Cc1nc(N2CCN(C(=O)c3cccn3Cc3ccccc3)CC2)c2cnn(C)c2n1. The lowest BCUT2D eigenvalue weighted by Crippen LogP contribution is -2.49. The second-order valence-corrected chi connectivity index (χ2v) is 7.89. The lowest BCUT2D eigenvalue weighted by Gasteiger charge is -2.35. The van der Waals surface area contributed by atoms with Gasteiger partial charge in [0.25, 0.3) is 5.91 Å². The molecule has 1 aliphatic rings. The first-order chi connectivity index (χ1) is 15.1. The van der Waals surface area contributed by atoms with Crippen molar-refractivity contribution in [3.8, 4) is 0 Å². The average molecular weight is 416 g/mol. The minimum atomic E-state index is 0.0750. The lowest BCUT2D eigenvalue weighted by molar-refractivity contribution is 0.0736. The molecule has 1 fully saturated rings. The van der Waals surface area contributed by atoms with E-state index in [-0.39, 0.29) is 5.91 Å². The summed E-state index contributed by atoms with van der Waals surface area (Å²) < 4.78 is 3.80. The van der Waals surface area contributed by atoms with Gasteiger partial charge in [0.1, 0.15) is 17.3 Å². The third-order valence-corrected chi connectivity index (χ3v) is 5.79. The maximum Gasteiger partial charge on any atom is 0.270 e. The second kappa shape index (κ2) is 7.86. The molecule has 1 saturated heterocycles. The summed E-state index contributed by atoms with van der Waals surface area (Å²) in [4.78, 5) is 26.6. The Labute approximate surface area is 180 Å². The van der Waals surface area contributed by atoms with Crippen molar-refractivity contribution in [1.82, 2.24) is 29.2 Å². The molecule has 0 saturated carbocycles. The van der Waals surface area contributed by atoms with E-state index in [0.29, 0.717) is 19.6 Å². The quantitative estimate of drug-likeness (QED) is 0.512. The fourth-order valence-corrected chi connectivity index (χ4v) is 4.16. The van der Waals surface area contributed by atoms with Crippen LogP contribution in [0, 0.1) is 6.92 Å². The molecular formula is C23H25N7O. The topological polar surface area (TPSA) is 72.1 Å². The number of carbonyl (C=O) groups is 1. The Morgan fingerprint density at radius 3 is 2.55 bits per heavy atom. The summed E-state index contributed by atoms with van der Waals surface area (Å²) in [5.74, 6) is 1.70. The summed E-state index contributed by atoms with van der Waals surface area (Å²) in [6.07, 6.45) is 3.79. The molecule has 0 aliphatic carbocycles. The number of nitrogens with zero attached hydrogens (tertiary/aromatic N) is 7. The molecule has 1 aromatic carbocycles. The van der Waals surface area contributed by atoms with Crippen LogP contribution >= 0.6 is 0 Å². The van der Waals surface area contributed by atoms with E-state index < -0.39 is 0 Å². The molecule has 158 valence electrons.